The van der Waals surface area contributed by atoms with Crippen LogP contribution >= 0.6 is 11.6 Å². The number of anilines is 4. The van der Waals surface area contributed by atoms with E-state index in [2.05, 4.69) is 40.7 Å². The van der Waals surface area contributed by atoms with E-state index in [-0.39, 0.29) is 22.9 Å². The molecule has 5 rings (SSSR count). The summed E-state index contributed by atoms with van der Waals surface area (Å²) in [7, 11) is -26.5. The zero-order chi connectivity index (χ0) is 42.6. The lowest BCUT2D eigenvalue weighted by atomic mass is 10.1. The van der Waals surface area contributed by atoms with Crippen molar-refractivity contribution in [1.29, 1.82) is 0 Å². The number of nitrogen functional groups attached to an aromatic ring is 2. The van der Waals surface area contributed by atoms with Gasteiger partial charge in [0, 0.05) is 11.1 Å². The van der Waals surface area contributed by atoms with E-state index in [4.69, 9.17) is 23.1 Å². The van der Waals surface area contributed by atoms with E-state index in [1.165, 1.54) is 0 Å². The number of nitrogens with two attached hydrogens (primary N) is 2. The first-order chi connectivity index (χ1) is 26.1. The van der Waals surface area contributed by atoms with Crippen LogP contribution in [0.1, 0.15) is 0 Å². The van der Waals surface area contributed by atoms with Crippen LogP contribution in [0.2, 0.25) is 5.28 Å². The third-order valence-corrected chi connectivity index (χ3v) is 11.5. The van der Waals surface area contributed by atoms with E-state index >= 15 is 0 Å². The van der Waals surface area contributed by atoms with Crippen LogP contribution in [-0.2, 0) is 50.6 Å². The third kappa shape index (κ3) is 9.34. The standard InChI is InChI=1S/C25H19ClN10O16S5/c26-23-30-24(28)32-25(31-23)29-10-1-3-14(54(41,42)43)12(7-10)33-36-21-17(57(50,51)52)6-9-5-16(56(47,48)49)20(19(27)18(9)22(21)37)35-34-13-8-11(53(38,39)40)2-4-15(13)55(44,45)46/h1-8,37H,27H2,(H,38,39,40)(H,41,42,43)(H,44,45,46)(H,47,48,49)(H,50,51,52)(H3,28,29,30,31,32)/p-1. The van der Waals surface area contributed by atoms with Crippen LogP contribution in [0.15, 0.2) is 93.5 Å². The zero-order valence-electron chi connectivity index (χ0n) is 27.1. The molecule has 1 heterocycles. The van der Waals surface area contributed by atoms with Crippen molar-refractivity contribution in [1.82, 2.24) is 15.0 Å². The Labute approximate surface area is 323 Å². The quantitative estimate of drug-likeness (QED) is 0.0536. The molecule has 0 fully saturated rings. The van der Waals surface area contributed by atoms with Crippen molar-refractivity contribution < 1.29 is 70.0 Å². The maximum Gasteiger partial charge on any atom is 0.296 e. The van der Waals surface area contributed by atoms with E-state index in [0.717, 1.165) is 18.2 Å². The number of nitrogens with zero attached hydrogens (tertiary/aromatic N) is 7. The van der Waals surface area contributed by atoms with Crippen LogP contribution in [-0.4, -0.2) is 79.8 Å². The maximum absolute atomic E-state index is 13.9. The minimum Gasteiger partial charge on any atom is -0.870 e. The lowest BCUT2D eigenvalue weighted by molar-refractivity contribution is -0.264. The Morgan fingerprint density at radius 2 is 1.09 bits per heavy atom. The molecule has 32 heteroatoms. The van der Waals surface area contributed by atoms with Crippen LogP contribution in [0.5, 0.6) is 5.75 Å². The average Bonchev–Trinajstić information content (AvgIpc) is 3.04. The summed E-state index contributed by atoms with van der Waals surface area (Å²) >= 11 is 5.75. The second-order valence-electron chi connectivity index (χ2n) is 10.8. The van der Waals surface area contributed by atoms with E-state index in [1.54, 1.807) is 0 Å². The van der Waals surface area contributed by atoms with Gasteiger partial charge >= 0.3 is 0 Å². The lowest BCUT2D eigenvalue weighted by Gasteiger charge is -2.19. The monoisotopic (exact) mass is 909 g/mol. The Balaban J connectivity index is 1.78. The van der Waals surface area contributed by atoms with E-state index in [0.29, 0.717) is 30.3 Å². The van der Waals surface area contributed by atoms with Gasteiger partial charge in [0.1, 0.15) is 36.6 Å². The van der Waals surface area contributed by atoms with Gasteiger partial charge in [-0.05, 0) is 65.5 Å². The number of rotatable bonds is 11. The molecule has 0 atom stereocenters. The van der Waals surface area contributed by atoms with E-state index in [9.17, 15) is 70.0 Å². The van der Waals surface area contributed by atoms with Crippen molar-refractivity contribution in [3.8, 4) is 5.75 Å². The normalized spacial score (nSPS) is 13.2. The highest BCUT2D eigenvalue weighted by molar-refractivity contribution is 7.87. The molecule has 0 saturated heterocycles. The second-order valence-corrected chi connectivity index (χ2v) is 18.1. The fraction of sp³-hybridized carbons (Fsp3) is 0. The molecule has 5 aromatic rings. The third-order valence-electron chi connectivity index (χ3n) is 6.99. The van der Waals surface area contributed by atoms with Gasteiger partial charge in [0.15, 0.2) is 0 Å². The summed E-state index contributed by atoms with van der Waals surface area (Å²) < 4.78 is 170. The molecule has 0 amide bonds. The zero-order valence-corrected chi connectivity index (χ0v) is 31.9. The van der Waals surface area contributed by atoms with Crippen LogP contribution < -0.4 is 21.9 Å². The largest absolute Gasteiger partial charge is 0.870 e. The minimum absolute atomic E-state index is 0.106. The van der Waals surface area contributed by atoms with Gasteiger partial charge in [-0.3, -0.25) is 22.8 Å². The highest BCUT2D eigenvalue weighted by atomic mass is 35.5. The molecule has 302 valence electrons. The predicted octanol–water partition coefficient (Wildman–Crippen LogP) is 2.72. The predicted molar refractivity (Wildman–Crippen MR) is 191 cm³/mol. The van der Waals surface area contributed by atoms with Crippen molar-refractivity contribution in [2.24, 2.45) is 20.5 Å². The molecule has 0 saturated carbocycles. The fourth-order valence-corrected chi connectivity index (χ4v) is 7.89. The Kier molecular flexibility index (Phi) is 11.0. The summed E-state index contributed by atoms with van der Waals surface area (Å²) in [6.07, 6.45) is 0. The Hall–Kier alpha value is -5.61. The van der Waals surface area contributed by atoms with Gasteiger partial charge in [-0.25, -0.2) is 0 Å². The number of azo groups is 2. The number of fused-ring (bicyclic) bond motifs is 1. The maximum atomic E-state index is 13.9. The molecule has 0 aliphatic carbocycles. The summed E-state index contributed by atoms with van der Waals surface area (Å²) in [5.41, 5.74) is 6.01. The summed E-state index contributed by atoms with van der Waals surface area (Å²) in [6, 6.07) is 4.87. The van der Waals surface area contributed by atoms with Gasteiger partial charge in [0.25, 0.3) is 50.6 Å². The molecular formula is C25H18ClN10O16S5-. The second kappa shape index (κ2) is 14.7. The molecule has 0 spiro atoms. The summed E-state index contributed by atoms with van der Waals surface area (Å²) in [5, 5.41) is 28.3. The Morgan fingerprint density at radius 3 is 1.60 bits per heavy atom. The highest BCUT2D eigenvalue weighted by Gasteiger charge is 2.27. The van der Waals surface area contributed by atoms with Gasteiger partial charge in [0.05, 0.1) is 16.3 Å². The first-order valence-corrected chi connectivity index (χ1v) is 21.7. The Morgan fingerprint density at radius 1 is 0.596 bits per heavy atom. The molecule has 0 aliphatic heterocycles. The van der Waals surface area contributed by atoms with Crippen LogP contribution in [0, 0.1) is 0 Å². The van der Waals surface area contributed by atoms with Crippen molar-refractivity contribution in [2.45, 2.75) is 24.5 Å². The Bertz CT molecular complexity index is 3170. The molecule has 0 aliphatic rings. The number of nitrogens with one attached hydrogen (secondary N) is 1. The molecule has 0 radical (unpaired) electrons. The van der Waals surface area contributed by atoms with E-state index in [1.807, 2.05) is 0 Å². The fourth-order valence-electron chi connectivity index (χ4n) is 4.69. The SMILES string of the molecule is Nc1nc(Cl)nc(Nc2ccc(S(=O)(=O)O)c(N=Nc3c(S(=O)(=O)O)cc4cc(S(=O)(=O)O)c(N=Nc5cc(S(=O)(=O)O)ccc5S(=O)(=O)O)c(N)c4c3[O-])c2)n1. The summed E-state index contributed by atoms with van der Waals surface area (Å²) in [4.78, 5) is 5.18. The molecule has 1 aromatic heterocycles. The molecule has 57 heavy (non-hydrogen) atoms. The van der Waals surface area contributed by atoms with Crippen LogP contribution in [0.4, 0.5) is 46.0 Å². The number of hydrogen-bond acceptors (Lipinski definition) is 21. The molecule has 26 nitrogen and oxygen atoms in total. The minimum atomic E-state index is -5.53. The van der Waals surface area contributed by atoms with Gasteiger partial charge in [-0.15, -0.1) is 20.5 Å². The van der Waals surface area contributed by atoms with Gasteiger partial charge in [0.2, 0.25) is 17.2 Å². The average molecular weight is 910 g/mol. The summed E-state index contributed by atoms with van der Waals surface area (Å²) in [5.74, 6) is -2.23. The van der Waals surface area contributed by atoms with Crippen molar-refractivity contribution >= 4 is 119 Å². The molecule has 0 unspecified atom stereocenters. The van der Waals surface area contributed by atoms with Crippen molar-refractivity contribution in [2.75, 3.05) is 16.8 Å². The topological polar surface area (TPSA) is 447 Å². The number of benzene rings is 4. The van der Waals surface area contributed by atoms with Crippen LogP contribution in [0.3, 0.4) is 0 Å². The van der Waals surface area contributed by atoms with Crippen molar-refractivity contribution in [3.63, 3.8) is 0 Å². The first-order valence-electron chi connectivity index (χ1n) is 14.1. The number of aromatic nitrogens is 3. The van der Waals surface area contributed by atoms with Crippen LogP contribution in [0.25, 0.3) is 10.8 Å². The highest BCUT2D eigenvalue weighted by Crippen LogP contribution is 2.47. The van der Waals surface area contributed by atoms with Gasteiger partial charge < -0.3 is 21.9 Å². The number of hydrogen-bond donors (Lipinski definition) is 8. The molecular weight excluding hydrogens is 892 g/mol. The number of halogens is 1. The first kappa shape index (κ1) is 42.5. The lowest BCUT2D eigenvalue weighted by Crippen LogP contribution is -2.06. The molecule has 4 aromatic carbocycles. The molecule has 0 bridgehead atoms. The van der Waals surface area contributed by atoms with Gasteiger partial charge in [-0.2, -0.15) is 57.0 Å². The van der Waals surface area contributed by atoms with E-state index < -0.39 is 120 Å². The molecule has 10 N–H and O–H groups in total. The summed E-state index contributed by atoms with van der Waals surface area (Å²) in [6.45, 7) is 0. The van der Waals surface area contributed by atoms with Crippen molar-refractivity contribution in [3.05, 3.63) is 53.8 Å². The smallest absolute Gasteiger partial charge is 0.296 e. The van der Waals surface area contributed by atoms with Gasteiger partial charge in [-0.1, -0.05) is 5.75 Å².